The van der Waals surface area contributed by atoms with E-state index in [0.717, 1.165) is 4.47 Å². The molecular weight excluding hydrogens is 408 g/mol. The van der Waals surface area contributed by atoms with Crippen molar-refractivity contribution >= 4 is 31.9 Å². The number of hydrogen-bond donors (Lipinski definition) is 1. The number of piperidine rings is 1. The Morgan fingerprint density at radius 2 is 1.84 bits per heavy atom. The summed E-state index contributed by atoms with van der Waals surface area (Å²) < 4.78 is 28.4. The first-order valence-corrected chi connectivity index (χ1v) is 10.1. The van der Waals surface area contributed by atoms with Gasteiger partial charge in [-0.3, -0.25) is 9.78 Å². The molecule has 1 aliphatic rings. The second-order valence-electron chi connectivity index (χ2n) is 5.73. The lowest BCUT2D eigenvalue weighted by Crippen LogP contribution is -2.46. The molecular formula is C16H17BrN4O3S. The van der Waals surface area contributed by atoms with Gasteiger partial charge < -0.3 is 4.90 Å². The molecule has 132 valence electrons. The van der Waals surface area contributed by atoms with Gasteiger partial charge in [0.2, 0.25) is 10.0 Å². The van der Waals surface area contributed by atoms with Gasteiger partial charge in [-0.1, -0.05) is 15.9 Å². The summed E-state index contributed by atoms with van der Waals surface area (Å²) in [6.45, 7) is 0.950. The number of benzene rings is 1. The van der Waals surface area contributed by atoms with Crippen molar-refractivity contribution in [3.8, 4) is 0 Å². The molecule has 1 aromatic heterocycles. The molecule has 0 spiro atoms. The van der Waals surface area contributed by atoms with Gasteiger partial charge in [-0.05, 0) is 37.1 Å². The van der Waals surface area contributed by atoms with Crippen LogP contribution in [0.5, 0.6) is 0 Å². The maximum Gasteiger partial charge on any atom is 0.274 e. The topological polar surface area (TPSA) is 92.3 Å². The highest BCUT2D eigenvalue weighted by Gasteiger charge is 2.27. The number of carbonyl (C=O) groups excluding carboxylic acids is 1. The van der Waals surface area contributed by atoms with Gasteiger partial charge in [0.05, 0.1) is 11.1 Å². The van der Waals surface area contributed by atoms with Crippen molar-refractivity contribution in [2.45, 2.75) is 23.8 Å². The lowest BCUT2D eigenvalue weighted by atomic mass is 10.1. The van der Waals surface area contributed by atoms with Gasteiger partial charge in [0.15, 0.2) is 0 Å². The highest BCUT2D eigenvalue weighted by Crippen LogP contribution is 2.18. The molecule has 0 aliphatic carbocycles. The minimum atomic E-state index is -3.56. The molecule has 2 heterocycles. The van der Waals surface area contributed by atoms with E-state index in [1.807, 2.05) is 0 Å². The van der Waals surface area contributed by atoms with E-state index < -0.39 is 10.0 Å². The summed E-state index contributed by atoms with van der Waals surface area (Å²) >= 11 is 3.29. The molecule has 2 aromatic rings. The number of amides is 1. The van der Waals surface area contributed by atoms with Gasteiger partial charge >= 0.3 is 0 Å². The summed E-state index contributed by atoms with van der Waals surface area (Å²) in [5.41, 5.74) is 0.302. The van der Waals surface area contributed by atoms with Crippen LogP contribution in [0.3, 0.4) is 0 Å². The predicted octanol–water partition coefficient (Wildman–Crippen LogP) is 1.82. The maximum atomic E-state index is 12.4. The first-order valence-electron chi connectivity index (χ1n) is 7.79. The zero-order valence-corrected chi connectivity index (χ0v) is 15.7. The van der Waals surface area contributed by atoms with Crippen molar-refractivity contribution in [1.29, 1.82) is 0 Å². The van der Waals surface area contributed by atoms with Crippen molar-refractivity contribution < 1.29 is 13.2 Å². The summed E-state index contributed by atoms with van der Waals surface area (Å²) in [5, 5.41) is 0. The second kappa shape index (κ2) is 7.59. The van der Waals surface area contributed by atoms with Crippen molar-refractivity contribution in [2.75, 3.05) is 13.1 Å². The zero-order chi connectivity index (χ0) is 17.9. The van der Waals surface area contributed by atoms with Crippen LogP contribution in [0.4, 0.5) is 0 Å². The summed E-state index contributed by atoms with van der Waals surface area (Å²) in [7, 11) is -3.56. The second-order valence-corrected chi connectivity index (χ2v) is 8.36. The molecule has 25 heavy (non-hydrogen) atoms. The van der Waals surface area contributed by atoms with Crippen LogP contribution < -0.4 is 4.72 Å². The highest BCUT2D eigenvalue weighted by atomic mass is 79.9. The van der Waals surface area contributed by atoms with Gasteiger partial charge in [0.1, 0.15) is 5.69 Å². The van der Waals surface area contributed by atoms with Gasteiger partial charge in [-0.25, -0.2) is 18.1 Å². The van der Waals surface area contributed by atoms with Crippen LogP contribution in [0.25, 0.3) is 0 Å². The number of sulfonamides is 1. The molecule has 1 fully saturated rings. The van der Waals surface area contributed by atoms with Crippen LogP contribution in [0.1, 0.15) is 23.3 Å². The largest absolute Gasteiger partial charge is 0.337 e. The molecule has 1 saturated heterocycles. The van der Waals surface area contributed by atoms with E-state index in [-0.39, 0.29) is 16.8 Å². The Morgan fingerprint density at radius 1 is 1.16 bits per heavy atom. The Kier molecular flexibility index (Phi) is 5.45. The van der Waals surface area contributed by atoms with Crippen LogP contribution in [-0.2, 0) is 10.0 Å². The summed E-state index contributed by atoms with van der Waals surface area (Å²) in [5.74, 6) is -0.178. The lowest BCUT2D eigenvalue weighted by molar-refractivity contribution is 0.0705. The van der Waals surface area contributed by atoms with Crippen molar-refractivity contribution in [1.82, 2.24) is 19.6 Å². The Hall–Kier alpha value is -1.84. The normalized spacial score (nSPS) is 16.0. The van der Waals surface area contributed by atoms with Gasteiger partial charge in [0.25, 0.3) is 5.91 Å². The van der Waals surface area contributed by atoms with Gasteiger partial charge in [-0.2, -0.15) is 0 Å². The molecule has 1 N–H and O–H groups in total. The van der Waals surface area contributed by atoms with Crippen molar-refractivity contribution in [3.63, 3.8) is 0 Å². The first-order chi connectivity index (χ1) is 12.0. The van der Waals surface area contributed by atoms with E-state index in [1.165, 1.54) is 18.6 Å². The molecule has 1 amide bonds. The van der Waals surface area contributed by atoms with Crippen molar-refractivity contribution in [2.24, 2.45) is 0 Å². The van der Waals surface area contributed by atoms with E-state index in [2.05, 4.69) is 30.6 Å². The van der Waals surface area contributed by atoms with Gasteiger partial charge in [-0.15, -0.1) is 0 Å². The number of nitrogens with zero attached hydrogens (tertiary/aromatic N) is 3. The van der Waals surface area contributed by atoms with Crippen LogP contribution >= 0.6 is 15.9 Å². The Bertz CT molecular complexity index is 835. The molecule has 3 rings (SSSR count). The smallest absolute Gasteiger partial charge is 0.274 e. The molecule has 1 aliphatic heterocycles. The summed E-state index contributed by atoms with van der Waals surface area (Å²) in [6, 6.07) is 6.30. The minimum absolute atomic E-state index is 0.178. The summed E-state index contributed by atoms with van der Waals surface area (Å²) in [6.07, 6.45) is 5.54. The molecule has 0 radical (unpaired) electrons. The standard InChI is InChI=1S/C16H17BrN4O3S/c17-12-1-3-14(4-2-12)25(23,24)20-13-5-9-21(10-6-13)16(22)15-11-18-7-8-19-15/h1-4,7-8,11,13,20H,5-6,9-10H2. The summed E-state index contributed by atoms with van der Waals surface area (Å²) in [4.78, 5) is 22.1. The van der Waals surface area contributed by atoms with E-state index in [9.17, 15) is 13.2 Å². The Labute approximate surface area is 154 Å². The quantitative estimate of drug-likeness (QED) is 0.807. The minimum Gasteiger partial charge on any atom is -0.337 e. The zero-order valence-electron chi connectivity index (χ0n) is 13.3. The fourth-order valence-corrected chi connectivity index (χ4v) is 4.24. The fourth-order valence-electron chi connectivity index (χ4n) is 2.67. The van der Waals surface area contributed by atoms with E-state index >= 15 is 0 Å². The highest BCUT2D eigenvalue weighted by molar-refractivity contribution is 9.10. The fraction of sp³-hybridized carbons (Fsp3) is 0.312. The van der Waals surface area contributed by atoms with E-state index in [1.54, 1.807) is 29.2 Å². The van der Waals surface area contributed by atoms with Crippen molar-refractivity contribution in [3.05, 3.63) is 53.0 Å². The molecule has 7 nitrogen and oxygen atoms in total. The lowest BCUT2D eigenvalue weighted by Gasteiger charge is -2.32. The molecule has 0 atom stereocenters. The monoisotopic (exact) mass is 424 g/mol. The number of rotatable bonds is 4. The predicted molar refractivity (Wildman–Crippen MR) is 95.4 cm³/mol. The third-order valence-electron chi connectivity index (χ3n) is 4.01. The number of aromatic nitrogens is 2. The number of carbonyl (C=O) groups is 1. The first kappa shape index (κ1) is 18.0. The maximum absolute atomic E-state index is 12.4. The Morgan fingerprint density at radius 3 is 2.44 bits per heavy atom. The van der Waals surface area contributed by atoms with Crippen LogP contribution in [-0.4, -0.2) is 48.3 Å². The molecule has 1 aromatic carbocycles. The average molecular weight is 425 g/mol. The Balaban J connectivity index is 1.59. The number of halogens is 1. The number of likely N-dealkylation sites (tertiary alicyclic amines) is 1. The van der Waals surface area contributed by atoms with Gasteiger partial charge in [0, 0.05) is 36.0 Å². The number of hydrogen-bond acceptors (Lipinski definition) is 5. The SMILES string of the molecule is O=C(c1cnccn1)N1CCC(NS(=O)(=O)c2ccc(Br)cc2)CC1. The molecule has 0 saturated carbocycles. The third kappa shape index (κ3) is 4.42. The van der Waals surface area contributed by atoms with E-state index in [4.69, 9.17) is 0 Å². The average Bonchev–Trinajstić information content (AvgIpc) is 2.62. The third-order valence-corrected chi connectivity index (χ3v) is 6.08. The van der Waals surface area contributed by atoms with E-state index in [0.29, 0.717) is 31.6 Å². The molecule has 0 unspecified atom stereocenters. The molecule has 9 heteroatoms. The van der Waals surface area contributed by atoms with Crippen LogP contribution in [0, 0.1) is 0 Å². The van der Waals surface area contributed by atoms with Crippen LogP contribution in [0.2, 0.25) is 0 Å². The number of nitrogens with one attached hydrogen (secondary N) is 1. The molecule has 0 bridgehead atoms. The van der Waals surface area contributed by atoms with Crippen LogP contribution in [0.15, 0.2) is 52.2 Å².